The van der Waals surface area contributed by atoms with E-state index in [1.54, 1.807) is 0 Å². The molecular weight excluding hydrogens is 346 g/mol. The molecule has 1 aromatic heterocycles. The zero-order chi connectivity index (χ0) is 18.8. The van der Waals surface area contributed by atoms with E-state index in [0.29, 0.717) is 5.41 Å². The number of fused-ring (bicyclic) bond motifs is 1. The minimum atomic E-state index is 0.478. The fourth-order valence-corrected chi connectivity index (χ4v) is 5.62. The third kappa shape index (κ3) is 4.02. The van der Waals surface area contributed by atoms with Gasteiger partial charge in [0, 0.05) is 39.3 Å². The van der Waals surface area contributed by atoms with E-state index in [0.717, 1.165) is 32.7 Å². The molecule has 1 aromatic carbocycles. The highest BCUT2D eigenvalue weighted by molar-refractivity contribution is 5.15. The lowest BCUT2D eigenvalue weighted by Gasteiger charge is -2.48. The molecule has 2 fully saturated rings. The predicted molar refractivity (Wildman–Crippen MR) is 112 cm³/mol. The van der Waals surface area contributed by atoms with Crippen LogP contribution in [0.4, 0.5) is 0 Å². The molecule has 0 amide bonds. The summed E-state index contributed by atoms with van der Waals surface area (Å²) in [5.74, 6) is 0. The maximum atomic E-state index is 4.87. The maximum absolute atomic E-state index is 4.87. The molecule has 150 valence electrons. The monoisotopic (exact) mass is 379 g/mol. The van der Waals surface area contributed by atoms with Crippen molar-refractivity contribution in [2.75, 3.05) is 32.7 Å². The highest BCUT2D eigenvalue weighted by atomic mass is 15.3. The quantitative estimate of drug-likeness (QED) is 0.886. The number of rotatable bonds is 4. The Morgan fingerprint density at radius 3 is 2.43 bits per heavy atom. The first-order chi connectivity index (χ1) is 13.8. The minimum absolute atomic E-state index is 0.478. The molecule has 1 N–H and O–H groups in total. The molecule has 1 atom stereocenters. The van der Waals surface area contributed by atoms with Crippen LogP contribution in [0.15, 0.2) is 36.4 Å². The third-order valence-electron chi connectivity index (χ3n) is 6.84. The van der Waals surface area contributed by atoms with Crippen LogP contribution >= 0.6 is 0 Å². The van der Waals surface area contributed by atoms with Gasteiger partial charge in [-0.05, 0) is 55.8 Å². The van der Waals surface area contributed by atoms with Crippen LogP contribution in [0.2, 0.25) is 0 Å². The summed E-state index contributed by atoms with van der Waals surface area (Å²) in [6, 6.07) is 13.3. The van der Waals surface area contributed by atoms with Gasteiger partial charge in [-0.1, -0.05) is 30.3 Å². The van der Waals surface area contributed by atoms with Crippen molar-refractivity contribution in [1.29, 1.82) is 0 Å². The molecule has 0 radical (unpaired) electrons. The molecule has 28 heavy (non-hydrogen) atoms. The van der Waals surface area contributed by atoms with E-state index in [-0.39, 0.29) is 0 Å². The molecule has 1 spiro atoms. The van der Waals surface area contributed by atoms with Crippen LogP contribution in [-0.2, 0) is 26.2 Å². The Bertz CT molecular complexity index is 758. The van der Waals surface area contributed by atoms with Crippen molar-refractivity contribution in [3.63, 3.8) is 0 Å². The van der Waals surface area contributed by atoms with E-state index in [2.05, 4.69) is 56.2 Å². The van der Waals surface area contributed by atoms with Gasteiger partial charge in [0.1, 0.15) is 0 Å². The number of nitrogens with zero attached hydrogens (tertiary/aromatic N) is 4. The third-order valence-corrected chi connectivity index (χ3v) is 6.84. The van der Waals surface area contributed by atoms with E-state index in [1.807, 2.05) is 0 Å². The van der Waals surface area contributed by atoms with Gasteiger partial charge in [-0.2, -0.15) is 5.10 Å². The Balaban J connectivity index is 1.23. The number of aromatic nitrogens is 2. The van der Waals surface area contributed by atoms with Gasteiger partial charge in [-0.15, -0.1) is 0 Å². The van der Waals surface area contributed by atoms with Crippen LogP contribution in [0, 0.1) is 5.41 Å². The van der Waals surface area contributed by atoms with Crippen LogP contribution in [0.1, 0.15) is 42.6 Å². The van der Waals surface area contributed by atoms with Gasteiger partial charge in [-0.3, -0.25) is 14.5 Å². The molecule has 0 bridgehead atoms. The Labute approximate surface area is 168 Å². The zero-order valence-electron chi connectivity index (χ0n) is 16.9. The van der Waals surface area contributed by atoms with Crippen molar-refractivity contribution in [2.45, 2.75) is 51.9 Å². The molecule has 5 nitrogen and oxygen atoms in total. The highest BCUT2D eigenvalue weighted by Crippen LogP contribution is 2.39. The van der Waals surface area contributed by atoms with Crippen LogP contribution in [-0.4, -0.2) is 52.3 Å². The predicted octanol–water partition coefficient (Wildman–Crippen LogP) is 2.86. The summed E-state index contributed by atoms with van der Waals surface area (Å²) in [4.78, 5) is 5.38. The molecule has 3 aliphatic heterocycles. The fraction of sp³-hybridized carbons (Fsp3) is 0.609. The van der Waals surface area contributed by atoms with Crippen LogP contribution in [0.25, 0.3) is 0 Å². The smallest absolute Gasteiger partial charge is 0.0768 e. The maximum Gasteiger partial charge on any atom is 0.0768 e. The largest absolute Gasteiger partial charge is 0.309 e. The number of piperidine rings is 2. The van der Waals surface area contributed by atoms with Crippen molar-refractivity contribution < 1.29 is 0 Å². The molecule has 0 saturated carbocycles. The summed E-state index contributed by atoms with van der Waals surface area (Å²) in [6.07, 6.45) is 5.44. The lowest BCUT2D eigenvalue weighted by Crippen LogP contribution is -2.51. The lowest BCUT2D eigenvalue weighted by molar-refractivity contribution is 0.00731. The number of hydrogen-bond acceptors (Lipinski definition) is 4. The first-order valence-corrected chi connectivity index (χ1v) is 11.0. The summed E-state index contributed by atoms with van der Waals surface area (Å²) in [6.45, 7) is 10.1. The standard InChI is InChI=1S/C23H33N5/c1-2-6-20(7-3-1)16-26-11-4-8-23(18-26)9-5-12-27(19-23)17-21-14-22-15-24-10-13-28(22)25-21/h1-3,6-7,14,24H,4-5,8-13,15-19H2/t23-/m1/s1. The van der Waals surface area contributed by atoms with Crippen molar-refractivity contribution in [3.8, 4) is 0 Å². The second kappa shape index (κ2) is 7.97. The van der Waals surface area contributed by atoms with Crippen molar-refractivity contribution in [1.82, 2.24) is 24.9 Å². The molecule has 0 unspecified atom stereocenters. The van der Waals surface area contributed by atoms with Crippen molar-refractivity contribution >= 4 is 0 Å². The van der Waals surface area contributed by atoms with Gasteiger partial charge in [0.25, 0.3) is 0 Å². The second-order valence-corrected chi connectivity index (χ2v) is 9.14. The first-order valence-electron chi connectivity index (χ1n) is 11.0. The molecule has 3 aliphatic rings. The average Bonchev–Trinajstić information content (AvgIpc) is 3.11. The minimum Gasteiger partial charge on any atom is -0.309 e. The summed E-state index contributed by atoms with van der Waals surface area (Å²) in [5.41, 5.74) is 4.53. The summed E-state index contributed by atoms with van der Waals surface area (Å²) >= 11 is 0. The number of likely N-dealkylation sites (tertiary alicyclic amines) is 2. The van der Waals surface area contributed by atoms with Crippen molar-refractivity contribution in [3.05, 3.63) is 53.3 Å². The number of hydrogen-bond donors (Lipinski definition) is 1. The lowest BCUT2D eigenvalue weighted by atomic mass is 9.73. The Morgan fingerprint density at radius 2 is 1.68 bits per heavy atom. The van der Waals surface area contributed by atoms with E-state index in [9.17, 15) is 0 Å². The number of nitrogens with one attached hydrogen (secondary N) is 1. The fourth-order valence-electron chi connectivity index (χ4n) is 5.62. The molecule has 2 saturated heterocycles. The van der Waals surface area contributed by atoms with Crippen LogP contribution < -0.4 is 5.32 Å². The Kier molecular flexibility index (Phi) is 5.22. The first kappa shape index (κ1) is 18.3. The van der Waals surface area contributed by atoms with E-state index >= 15 is 0 Å². The summed E-state index contributed by atoms with van der Waals surface area (Å²) in [5, 5.41) is 8.32. The Morgan fingerprint density at radius 1 is 0.929 bits per heavy atom. The molecule has 5 rings (SSSR count). The second-order valence-electron chi connectivity index (χ2n) is 9.14. The van der Waals surface area contributed by atoms with E-state index < -0.39 is 0 Å². The topological polar surface area (TPSA) is 36.3 Å². The zero-order valence-corrected chi connectivity index (χ0v) is 16.9. The number of benzene rings is 1. The van der Waals surface area contributed by atoms with Gasteiger partial charge in [0.2, 0.25) is 0 Å². The van der Waals surface area contributed by atoms with E-state index in [4.69, 9.17) is 5.10 Å². The normalized spacial score (nSPS) is 26.4. The van der Waals surface area contributed by atoms with Gasteiger partial charge in [-0.25, -0.2) is 0 Å². The SMILES string of the molecule is c1ccc(CN2CCC[C@@]3(CCCN(Cc4cc5n(n4)CCNC5)C3)C2)cc1. The molecule has 5 heteroatoms. The summed E-state index contributed by atoms with van der Waals surface area (Å²) < 4.78 is 2.20. The van der Waals surface area contributed by atoms with E-state index in [1.165, 1.54) is 68.8 Å². The van der Waals surface area contributed by atoms with Crippen molar-refractivity contribution in [2.24, 2.45) is 5.41 Å². The molecule has 4 heterocycles. The molecule has 2 aromatic rings. The Hall–Kier alpha value is -1.69. The average molecular weight is 380 g/mol. The van der Waals surface area contributed by atoms with Crippen LogP contribution in [0.5, 0.6) is 0 Å². The van der Waals surface area contributed by atoms with Gasteiger partial charge < -0.3 is 5.32 Å². The van der Waals surface area contributed by atoms with Crippen LogP contribution in [0.3, 0.4) is 0 Å². The van der Waals surface area contributed by atoms with Gasteiger partial charge in [0.05, 0.1) is 17.9 Å². The summed E-state index contributed by atoms with van der Waals surface area (Å²) in [7, 11) is 0. The van der Waals surface area contributed by atoms with Gasteiger partial charge in [0.15, 0.2) is 0 Å². The highest BCUT2D eigenvalue weighted by Gasteiger charge is 2.39. The van der Waals surface area contributed by atoms with Gasteiger partial charge >= 0.3 is 0 Å². The molecule has 0 aliphatic carbocycles. The molecular formula is C23H33N5.